The summed E-state index contributed by atoms with van der Waals surface area (Å²) >= 11 is 0. The summed E-state index contributed by atoms with van der Waals surface area (Å²) in [5, 5.41) is 121. The summed E-state index contributed by atoms with van der Waals surface area (Å²) in [6.45, 7) is 1.76. The zero-order chi connectivity index (χ0) is 71.8. The topological polar surface area (TPSA) is 307 Å². The Kier molecular flexibility index (Phi) is 56.4. The first-order chi connectivity index (χ1) is 48.3. The van der Waals surface area contributed by atoms with Crippen molar-refractivity contribution in [3.63, 3.8) is 0 Å². The van der Waals surface area contributed by atoms with Gasteiger partial charge in [0.25, 0.3) is 0 Å². The van der Waals surface area contributed by atoms with E-state index in [2.05, 4.69) is 43.5 Å². The number of nitrogens with one attached hydrogen (secondary N) is 1. The highest BCUT2D eigenvalue weighted by Crippen LogP contribution is 2.33. The Morgan fingerprint density at radius 3 is 1.01 bits per heavy atom. The summed E-state index contributed by atoms with van der Waals surface area (Å²) in [6, 6.07) is -0.992. The van der Waals surface area contributed by atoms with Crippen LogP contribution in [0, 0.1) is 0 Å². The Bertz CT molecular complexity index is 1930. The molecule has 3 aliphatic heterocycles. The highest BCUT2D eigenvalue weighted by molar-refractivity contribution is 5.76. The number of unbranched alkanes of at least 4 members (excludes halogenated alkanes) is 45. The van der Waals surface area contributed by atoms with Gasteiger partial charge in [-0.3, -0.25) is 4.79 Å². The maximum absolute atomic E-state index is 13.5. The van der Waals surface area contributed by atoms with Gasteiger partial charge < -0.3 is 89.9 Å². The maximum atomic E-state index is 13.5. The number of amides is 1. The molecule has 12 N–H and O–H groups in total. The lowest BCUT2D eigenvalue weighted by molar-refractivity contribution is -0.379. The number of carbonyl (C=O) groups is 1. The minimum absolute atomic E-state index is 0.235. The standard InChI is InChI=1S/C80H149NO18/c1-3-5-7-9-11-13-15-17-19-21-23-25-26-27-28-29-30-31-32-33-34-35-36-38-39-41-43-45-47-49-51-53-55-57-64(85)63(81-68(86)58-56-54-52-50-48-46-44-42-40-37-24-22-20-18-16-14-12-10-8-6-4-2)62-94-78-74(92)71(89)76(66(60-83)96-78)99-80-75(93)72(90)77(67(61-84)97-80)98-79-73(91)70(88)69(87)65(59-82)95-79/h22,24,47,49,55,57,63-67,69-80,82-85,87-93H,3-21,23,25-46,48,50-54,56,58-62H2,1-2H3,(H,81,86)/b24-22-,49-47+,57-55+. The van der Waals surface area contributed by atoms with Gasteiger partial charge in [0.2, 0.25) is 5.91 Å². The molecule has 0 aromatic rings. The van der Waals surface area contributed by atoms with Crippen molar-refractivity contribution in [3.8, 4) is 0 Å². The first kappa shape index (κ1) is 91.2. The van der Waals surface area contributed by atoms with Crippen molar-refractivity contribution in [2.75, 3.05) is 26.4 Å². The summed E-state index contributed by atoms with van der Waals surface area (Å²) in [7, 11) is 0. The molecule has 0 radical (unpaired) electrons. The molecule has 3 aliphatic rings. The van der Waals surface area contributed by atoms with Crippen LogP contribution in [0.1, 0.15) is 335 Å². The van der Waals surface area contributed by atoms with Gasteiger partial charge in [-0.2, -0.15) is 0 Å². The molecular formula is C80H149NO18. The van der Waals surface area contributed by atoms with Gasteiger partial charge in [0.05, 0.1) is 38.6 Å². The van der Waals surface area contributed by atoms with Crippen LogP contribution in [0.3, 0.4) is 0 Å². The van der Waals surface area contributed by atoms with Crippen LogP contribution < -0.4 is 5.32 Å². The number of aliphatic hydroxyl groups excluding tert-OH is 11. The summed E-state index contributed by atoms with van der Waals surface area (Å²) in [5.74, 6) is -0.283. The number of carbonyl (C=O) groups excluding carboxylic acids is 1. The second-order valence-electron chi connectivity index (χ2n) is 29.2. The van der Waals surface area contributed by atoms with Crippen LogP contribution in [0.25, 0.3) is 0 Å². The third kappa shape index (κ3) is 41.5. The quantitative estimate of drug-likeness (QED) is 0.0199. The molecule has 0 aromatic heterocycles. The van der Waals surface area contributed by atoms with E-state index < -0.39 is 124 Å². The fourth-order valence-corrected chi connectivity index (χ4v) is 13.9. The van der Waals surface area contributed by atoms with Gasteiger partial charge in [0.1, 0.15) is 73.2 Å². The molecule has 3 rings (SSSR count). The predicted molar refractivity (Wildman–Crippen MR) is 393 cm³/mol. The van der Waals surface area contributed by atoms with Crippen molar-refractivity contribution in [1.82, 2.24) is 5.32 Å². The highest BCUT2D eigenvalue weighted by atomic mass is 16.8. The van der Waals surface area contributed by atoms with E-state index in [9.17, 15) is 61.0 Å². The van der Waals surface area contributed by atoms with Gasteiger partial charge in [0, 0.05) is 6.42 Å². The molecule has 3 fully saturated rings. The molecule has 19 heteroatoms. The Labute approximate surface area is 600 Å². The monoisotopic (exact) mass is 1410 g/mol. The van der Waals surface area contributed by atoms with Crippen LogP contribution in [0.15, 0.2) is 36.5 Å². The van der Waals surface area contributed by atoms with Crippen molar-refractivity contribution in [2.24, 2.45) is 0 Å². The van der Waals surface area contributed by atoms with Gasteiger partial charge >= 0.3 is 0 Å². The van der Waals surface area contributed by atoms with Crippen molar-refractivity contribution < 1.29 is 89.4 Å². The minimum atomic E-state index is -1.98. The number of rotatable bonds is 65. The van der Waals surface area contributed by atoms with Crippen LogP contribution in [0.2, 0.25) is 0 Å². The van der Waals surface area contributed by atoms with E-state index in [1.165, 1.54) is 257 Å². The molecule has 1 amide bonds. The van der Waals surface area contributed by atoms with Crippen molar-refractivity contribution in [3.05, 3.63) is 36.5 Å². The van der Waals surface area contributed by atoms with E-state index >= 15 is 0 Å². The summed E-state index contributed by atoms with van der Waals surface area (Å²) in [4.78, 5) is 13.5. The van der Waals surface area contributed by atoms with Gasteiger partial charge in [-0.05, 0) is 57.8 Å². The average molecular weight is 1410 g/mol. The lowest BCUT2D eigenvalue weighted by Crippen LogP contribution is -2.66. The van der Waals surface area contributed by atoms with Crippen LogP contribution in [0.5, 0.6) is 0 Å². The van der Waals surface area contributed by atoms with Gasteiger partial charge in [-0.15, -0.1) is 0 Å². The van der Waals surface area contributed by atoms with Crippen LogP contribution >= 0.6 is 0 Å². The molecule has 99 heavy (non-hydrogen) atoms. The van der Waals surface area contributed by atoms with Gasteiger partial charge in [-0.25, -0.2) is 0 Å². The molecule has 3 saturated heterocycles. The molecule has 17 atom stereocenters. The predicted octanol–water partition coefficient (Wildman–Crippen LogP) is 13.5. The van der Waals surface area contributed by atoms with Crippen molar-refractivity contribution >= 4 is 5.91 Å². The zero-order valence-electron chi connectivity index (χ0n) is 62.2. The molecule has 17 unspecified atom stereocenters. The summed E-state index contributed by atoms with van der Waals surface area (Å²) in [6.07, 6.45) is 48.6. The second-order valence-corrected chi connectivity index (χ2v) is 29.2. The Morgan fingerprint density at radius 2 is 0.646 bits per heavy atom. The first-order valence-corrected chi connectivity index (χ1v) is 40.7. The molecule has 0 bridgehead atoms. The fourth-order valence-electron chi connectivity index (χ4n) is 13.9. The molecule has 0 aliphatic carbocycles. The molecule has 19 nitrogen and oxygen atoms in total. The third-order valence-corrected chi connectivity index (χ3v) is 20.4. The lowest BCUT2D eigenvalue weighted by Gasteiger charge is -2.48. The van der Waals surface area contributed by atoms with Gasteiger partial charge in [-0.1, -0.05) is 307 Å². The largest absolute Gasteiger partial charge is 0.394 e. The molecule has 0 aromatic carbocycles. The number of allylic oxidation sites excluding steroid dienone is 5. The van der Waals surface area contributed by atoms with Gasteiger partial charge in [0.15, 0.2) is 18.9 Å². The van der Waals surface area contributed by atoms with Crippen LogP contribution in [-0.4, -0.2) is 193 Å². The minimum Gasteiger partial charge on any atom is -0.394 e. The first-order valence-electron chi connectivity index (χ1n) is 40.7. The Hall–Kier alpha value is -1.99. The highest BCUT2D eigenvalue weighted by Gasteiger charge is 2.54. The fraction of sp³-hybridized carbons (Fsp3) is 0.912. The maximum Gasteiger partial charge on any atom is 0.220 e. The smallest absolute Gasteiger partial charge is 0.220 e. The van der Waals surface area contributed by atoms with Crippen LogP contribution in [-0.2, 0) is 33.2 Å². The van der Waals surface area contributed by atoms with E-state index in [1.807, 2.05) is 6.08 Å². The van der Waals surface area contributed by atoms with Crippen molar-refractivity contribution in [2.45, 2.75) is 439 Å². The van der Waals surface area contributed by atoms with E-state index in [0.717, 1.165) is 44.9 Å². The third-order valence-electron chi connectivity index (χ3n) is 20.4. The Balaban J connectivity index is 1.37. The van der Waals surface area contributed by atoms with E-state index in [4.69, 9.17) is 28.4 Å². The van der Waals surface area contributed by atoms with Crippen molar-refractivity contribution in [1.29, 1.82) is 0 Å². The molecule has 582 valence electrons. The SMILES string of the molecule is CCCCCCCCCC/C=C\CCCCCCCCCCCC(=O)NC(COC1OC(CO)C(OC2OC(CO)C(OC3OC(CO)C(O)C(O)C3O)C(O)C2O)C(O)C1O)C(O)/C=C/CC/C=C/CCCCCCCCCCCCCCCCCCCCCCCCCCCCC. The van der Waals surface area contributed by atoms with Crippen LogP contribution in [0.4, 0.5) is 0 Å². The lowest BCUT2D eigenvalue weighted by atomic mass is 9.96. The summed E-state index contributed by atoms with van der Waals surface area (Å²) in [5.41, 5.74) is 0. The Morgan fingerprint density at radius 1 is 0.354 bits per heavy atom. The second kappa shape index (κ2) is 61.2. The average Bonchev–Trinajstić information content (AvgIpc) is 0.784. The number of hydrogen-bond acceptors (Lipinski definition) is 18. The molecule has 0 saturated carbocycles. The van der Waals surface area contributed by atoms with E-state index in [0.29, 0.717) is 12.8 Å². The van der Waals surface area contributed by atoms with E-state index in [1.54, 1.807) is 6.08 Å². The molecule has 3 heterocycles. The number of hydrogen-bond donors (Lipinski definition) is 12. The normalized spacial score (nSPS) is 26.7. The summed E-state index contributed by atoms with van der Waals surface area (Å²) < 4.78 is 34.4. The molecule has 0 spiro atoms. The zero-order valence-corrected chi connectivity index (χ0v) is 62.2. The number of ether oxygens (including phenoxy) is 6. The molecular weight excluding hydrogens is 1260 g/mol. The van der Waals surface area contributed by atoms with E-state index in [-0.39, 0.29) is 18.9 Å². The number of aliphatic hydroxyl groups is 11.